The molecule has 2 aliphatic rings. The molecule has 4 rings (SSSR count). The third kappa shape index (κ3) is 2.43. The molecular weight excluding hydrogens is 286 g/mol. The number of amides is 1. The summed E-state index contributed by atoms with van der Waals surface area (Å²) in [7, 11) is 0. The monoisotopic (exact) mass is 307 g/mol. The van der Waals surface area contributed by atoms with Gasteiger partial charge >= 0.3 is 0 Å². The van der Waals surface area contributed by atoms with Gasteiger partial charge in [0.2, 0.25) is 0 Å². The maximum Gasteiger partial charge on any atom is 0.254 e. The summed E-state index contributed by atoms with van der Waals surface area (Å²) in [6, 6.07) is 12.2. The molecule has 2 aliphatic heterocycles. The highest BCUT2D eigenvalue weighted by atomic mass is 16.2. The molecular formula is C19H21N3O. The standard InChI is InChI=1S/C19H21N3O/c1-13-4-2-3-5-16(13)18-17-11-21-10-15(17)12-22(18)19(23)14-6-8-20-9-7-14/h2-9,15,17-18,21H,10-12H2,1H3/t15-,17-,18+/m0/s1. The molecule has 0 unspecified atom stereocenters. The van der Waals surface area contributed by atoms with E-state index >= 15 is 0 Å². The second-order valence-electron chi connectivity index (χ2n) is 6.58. The number of carbonyl (C=O) groups is 1. The number of benzene rings is 1. The second-order valence-corrected chi connectivity index (χ2v) is 6.58. The maximum absolute atomic E-state index is 13.1. The lowest BCUT2D eigenvalue weighted by molar-refractivity contribution is 0.0713. The molecule has 0 saturated carbocycles. The van der Waals surface area contributed by atoms with E-state index in [-0.39, 0.29) is 11.9 Å². The highest BCUT2D eigenvalue weighted by Gasteiger charge is 2.47. The topological polar surface area (TPSA) is 45.2 Å². The number of nitrogens with zero attached hydrogens (tertiary/aromatic N) is 2. The Labute approximate surface area is 136 Å². The van der Waals surface area contributed by atoms with Crippen LogP contribution >= 0.6 is 0 Å². The van der Waals surface area contributed by atoms with E-state index in [2.05, 4.69) is 46.4 Å². The van der Waals surface area contributed by atoms with Crippen LogP contribution < -0.4 is 5.32 Å². The average Bonchev–Trinajstić information content (AvgIpc) is 3.17. The molecule has 1 amide bonds. The van der Waals surface area contributed by atoms with Gasteiger partial charge in [-0.2, -0.15) is 0 Å². The van der Waals surface area contributed by atoms with Crippen LogP contribution in [0.4, 0.5) is 0 Å². The Morgan fingerprint density at radius 2 is 1.96 bits per heavy atom. The Kier molecular flexibility index (Phi) is 3.62. The third-order valence-electron chi connectivity index (χ3n) is 5.26. The molecule has 3 atom stereocenters. The van der Waals surface area contributed by atoms with Gasteiger partial charge in [0.05, 0.1) is 6.04 Å². The van der Waals surface area contributed by atoms with Gasteiger partial charge in [0.15, 0.2) is 0 Å². The van der Waals surface area contributed by atoms with E-state index in [9.17, 15) is 4.79 Å². The second kappa shape index (κ2) is 5.78. The van der Waals surface area contributed by atoms with E-state index in [0.717, 1.165) is 25.2 Å². The minimum atomic E-state index is 0.120. The Bertz CT molecular complexity index is 716. The first-order valence-electron chi connectivity index (χ1n) is 8.23. The summed E-state index contributed by atoms with van der Waals surface area (Å²) >= 11 is 0. The third-order valence-corrected chi connectivity index (χ3v) is 5.26. The molecule has 4 heteroatoms. The van der Waals surface area contributed by atoms with Gasteiger partial charge in [0.25, 0.3) is 5.91 Å². The van der Waals surface area contributed by atoms with Crippen molar-refractivity contribution in [2.24, 2.45) is 11.8 Å². The molecule has 1 N–H and O–H groups in total. The summed E-state index contributed by atoms with van der Waals surface area (Å²) in [5.74, 6) is 1.17. The van der Waals surface area contributed by atoms with Gasteiger partial charge in [-0.25, -0.2) is 0 Å². The lowest BCUT2D eigenvalue weighted by Crippen LogP contribution is -2.35. The zero-order valence-electron chi connectivity index (χ0n) is 13.3. The Morgan fingerprint density at radius 3 is 2.74 bits per heavy atom. The van der Waals surface area contributed by atoms with Crippen LogP contribution in [0.1, 0.15) is 27.5 Å². The van der Waals surface area contributed by atoms with Crippen molar-refractivity contribution >= 4 is 5.91 Å². The summed E-state index contributed by atoms with van der Waals surface area (Å²) in [5, 5.41) is 3.49. The summed E-state index contributed by atoms with van der Waals surface area (Å²) < 4.78 is 0. The first kappa shape index (κ1) is 14.4. The molecule has 2 aromatic rings. The molecule has 1 aromatic heterocycles. The number of hydrogen-bond donors (Lipinski definition) is 1. The quantitative estimate of drug-likeness (QED) is 0.927. The SMILES string of the molecule is Cc1ccccc1[C@@H]1[C@H]2CNC[C@H]2CN1C(=O)c1ccncc1. The number of hydrogen-bond acceptors (Lipinski definition) is 3. The van der Waals surface area contributed by atoms with Crippen molar-refractivity contribution in [3.8, 4) is 0 Å². The molecule has 2 saturated heterocycles. The lowest BCUT2D eigenvalue weighted by atomic mass is 9.87. The maximum atomic E-state index is 13.1. The molecule has 0 aliphatic carbocycles. The van der Waals surface area contributed by atoms with Gasteiger partial charge < -0.3 is 10.2 Å². The van der Waals surface area contributed by atoms with Crippen molar-refractivity contribution in [2.75, 3.05) is 19.6 Å². The molecule has 0 bridgehead atoms. The number of likely N-dealkylation sites (tertiary alicyclic amines) is 1. The Morgan fingerprint density at radius 1 is 1.17 bits per heavy atom. The predicted octanol–water partition coefficient (Wildman–Crippen LogP) is 2.42. The Hall–Kier alpha value is -2.20. The van der Waals surface area contributed by atoms with Crippen LogP contribution in [0.2, 0.25) is 0 Å². The first-order valence-corrected chi connectivity index (χ1v) is 8.23. The number of pyridine rings is 1. The summed E-state index contributed by atoms with van der Waals surface area (Å²) in [6.07, 6.45) is 3.38. The molecule has 118 valence electrons. The highest BCUT2D eigenvalue weighted by molar-refractivity contribution is 5.94. The smallest absolute Gasteiger partial charge is 0.254 e. The van der Waals surface area contributed by atoms with Crippen LogP contribution in [0.15, 0.2) is 48.8 Å². The molecule has 2 fully saturated rings. The molecule has 4 nitrogen and oxygen atoms in total. The predicted molar refractivity (Wildman–Crippen MR) is 89.0 cm³/mol. The van der Waals surface area contributed by atoms with E-state index in [0.29, 0.717) is 11.8 Å². The first-order chi connectivity index (χ1) is 11.3. The van der Waals surface area contributed by atoms with Gasteiger partial charge in [-0.05, 0) is 36.1 Å². The van der Waals surface area contributed by atoms with Gasteiger partial charge in [-0.15, -0.1) is 0 Å². The number of carbonyl (C=O) groups excluding carboxylic acids is 1. The van der Waals surface area contributed by atoms with Gasteiger partial charge in [0, 0.05) is 43.5 Å². The zero-order chi connectivity index (χ0) is 15.8. The van der Waals surface area contributed by atoms with Crippen LogP contribution in [0.5, 0.6) is 0 Å². The minimum Gasteiger partial charge on any atom is -0.331 e. The molecule has 23 heavy (non-hydrogen) atoms. The molecule has 3 heterocycles. The number of fused-ring (bicyclic) bond motifs is 1. The van der Waals surface area contributed by atoms with E-state index in [1.807, 2.05) is 12.1 Å². The van der Waals surface area contributed by atoms with E-state index in [4.69, 9.17) is 0 Å². The van der Waals surface area contributed by atoms with Gasteiger partial charge in [-0.3, -0.25) is 9.78 Å². The number of aromatic nitrogens is 1. The van der Waals surface area contributed by atoms with Crippen molar-refractivity contribution < 1.29 is 4.79 Å². The van der Waals surface area contributed by atoms with Gasteiger partial charge in [0.1, 0.15) is 0 Å². The van der Waals surface area contributed by atoms with Crippen LogP contribution in [0.3, 0.4) is 0 Å². The van der Waals surface area contributed by atoms with Crippen molar-refractivity contribution in [3.63, 3.8) is 0 Å². The zero-order valence-corrected chi connectivity index (χ0v) is 13.3. The van der Waals surface area contributed by atoms with Crippen LogP contribution in [0, 0.1) is 18.8 Å². The highest BCUT2D eigenvalue weighted by Crippen LogP contribution is 2.44. The molecule has 0 spiro atoms. The summed E-state index contributed by atoms with van der Waals surface area (Å²) in [5.41, 5.74) is 3.27. The largest absolute Gasteiger partial charge is 0.331 e. The van der Waals surface area contributed by atoms with E-state index in [1.54, 1.807) is 12.4 Å². The van der Waals surface area contributed by atoms with Crippen molar-refractivity contribution in [2.45, 2.75) is 13.0 Å². The summed E-state index contributed by atoms with van der Waals surface area (Å²) in [6.45, 7) is 4.97. The number of rotatable bonds is 2. The summed E-state index contributed by atoms with van der Waals surface area (Å²) in [4.78, 5) is 19.2. The normalized spacial score (nSPS) is 26.3. The average molecular weight is 307 g/mol. The fourth-order valence-corrected chi connectivity index (χ4v) is 4.11. The van der Waals surface area contributed by atoms with E-state index < -0.39 is 0 Å². The fourth-order valence-electron chi connectivity index (χ4n) is 4.11. The van der Waals surface area contributed by atoms with Gasteiger partial charge in [-0.1, -0.05) is 24.3 Å². The molecule has 1 aromatic carbocycles. The number of nitrogens with one attached hydrogen (secondary N) is 1. The van der Waals surface area contributed by atoms with Crippen LogP contribution in [-0.4, -0.2) is 35.4 Å². The minimum absolute atomic E-state index is 0.120. The van der Waals surface area contributed by atoms with Crippen LogP contribution in [0.25, 0.3) is 0 Å². The van der Waals surface area contributed by atoms with Crippen molar-refractivity contribution in [1.82, 2.24) is 15.2 Å². The Balaban J connectivity index is 1.73. The fraction of sp³-hybridized carbons (Fsp3) is 0.368. The van der Waals surface area contributed by atoms with Crippen molar-refractivity contribution in [1.29, 1.82) is 0 Å². The lowest BCUT2D eigenvalue weighted by Gasteiger charge is -2.29. The van der Waals surface area contributed by atoms with Crippen LogP contribution in [-0.2, 0) is 0 Å². The van der Waals surface area contributed by atoms with Crippen molar-refractivity contribution in [3.05, 3.63) is 65.5 Å². The van der Waals surface area contributed by atoms with E-state index in [1.165, 1.54) is 11.1 Å². The molecule has 0 radical (unpaired) electrons. The number of aryl methyl sites for hydroxylation is 1.